The minimum absolute atomic E-state index is 0.00489. The molecule has 0 aliphatic rings. The average Bonchev–Trinajstić information content (AvgIpc) is 2.96. The van der Waals surface area contributed by atoms with Crippen LogP contribution in [0.2, 0.25) is 0 Å². The number of aromatic nitrogens is 1. The third-order valence-corrected chi connectivity index (χ3v) is 4.81. The molecular weight excluding hydrogens is 389 g/mol. The summed E-state index contributed by atoms with van der Waals surface area (Å²) >= 11 is 1.38. The number of benzene rings is 2. The van der Waals surface area contributed by atoms with Gasteiger partial charge in [-0.3, -0.25) is 4.79 Å². The summed E-state index contributed by atoms with van der Waals surface area (Å²) in [6.07, 6.45) is -4.84. The fourth-order valence-electron chi connectivity index (χ4n) is 2.65. The molecule has 146 valence electrons. The van der Waals surface area contributed by atoms with Crippen LogP contribution in [-0.4, -0.2) is 17.3 Å². The van der Waals surface area contributed by atoms with Crippen molar-refractivity contribution < 1.29 is 22.7 Å². The Morgan fingerprint density at radius 2 is 1.79 bits per heavy atom. The predicted molar refractivity (Wildman–Crippen MR) is 102 cm³/mol. The summed E-state index contributed by atoms with van der Waals surface area (Å²) in [5, 5.41) is 3.30. The van der Waals surface area contributed by atoms with Crippen LogP contribution in [0.25, 0.3) is 11.3 Å². The van der Waals surface area contributed by atoms with Gasteiger partial charge in [-0.1, -0.05) is 42.0 Å². The summed E-state index contributed by atoms with van der Waals surface area (Å²) in [5.41, 5.74) is 2.66. The van der Waals surface area contributed by atoms with Gasteiger partial charge in [0.25, 0.3) is 0 Å². The van der Waals surface area contributed by atoms with E-state index in [9.17, 15) is 18.0 Å². The van der Waals surface area contributed by atoms with Gasteiger partial charge in [0.1, 0.15) is 0 Å². The second-order valence-corrected chi connectivity index (χ2v) is 7.43. The van der Waals surface area contributed by atoms with E-state index in [1.165, 1.54) is 29.5 Å². The lowest BCUT2D eigenvalue weighted by atomic mass is 10.1. The van der Waals surface area contributed by atoms with Crippen LogP contribution < -0.4 is 10.1 Å². The number of nitrogens with one attached hydrogen (secondary N) is 1. The number of thiazole rings is 1. The van der Waals surface area contributed by atoms with Crippen molar-refractivity contribution in [2.75, 3.05) is 5.32 Å². The highest BCUT2D eigenvalue weighted by atomic mass is 32.1. The molecule has 0 saturated heterocycles. The molecule has 0 aliphatic carbocycles. The maximum atomic E-state index is 12.5. The molecule has 0 unspecified atom stereocenters. The number of carbonyl (C=O) groups excluding carboxylic acids is 1. The number of halogens is 3. The number of hydrogen-bond donors (Lipinski definition) is 1. The van der Waals surface area contributed by atoms with Gasteiger partial charge in [-0.25, -0.2) is 4.98 Å². The Balaban J connectivity index is 1.79. The lowest BCUT2D eigenvalue weighted by Gasteiger charge is -2.13. The molecule has 8 heteroatoms. The fourth-order valence-corrected chi connectivity index (χ4v) is 3.61. The van der Waals surface area contributed by atoms with E-state index < -0.39 is 18.0 Å². The summed E-state index contributed by atoms with van der Waals surface area (Å²) in [4.78, 5) is 17.7. The van der Waals surface area contributed by atoms with Crippen LogP contribution in [0.3, 0.4) is 0 Å². The molecule has 0 saturated carbocycles. The number of para-hydroxylation sites is 2. The van der Waals surface area contributed by atoms with Gasteiger partial charge in [0.05, 0.1) is 22.8 Å². The molecule has 1 N–H and O–H groups in total. The number of nitrogens with zero attached hydrogens (tertiary/aromatic N) is 1. The van der Waals surface area contributed by atoms with Gasteiger partial charge in [0.15, 0.2) is 5.75 Å². The maximum absolute atomic E-state index is 12.5. The normalized spacial score (nSPS) is 11.3. The second kappa shape index (κ2) is 8.02. The van der Waals surface area contributed by atoms with Crippen LogP contribution in [0.4, 0.5) is 18.9 Å². The van der Waals surface area contributed by atoms with Gasteiger partial charge in [0.2, 0.25) is 5.91 Å². The molecule has 0 atom stereocenters. The van der Waals surface area contributed by atoms with Crippen LogP contribution in [0, 0.1) is 13.8 Å². The zero-order chi connectivity index (χ0) is 20.3. The predicted octanol–water partition coefficient (Wildman–Crippen LogP) is 5.51. The van der Waals surface area contributed by atoms with E-state index in [0.717, 1.165) is 27.1 Å². The lowest BCUT2D eigenvalue weighted by molar-refractivity contribution is -0.274. The van der Waals surface area contributed by atoms with E-state index in [1.54, 1.807) is 0 Å². The molecule has 1 heterocycles. The Hall–Kier alpha value is -2.87. The summed E-state index contributed by atoms with van der Waals surface area (Å²) in [6, 6.07) is 13.2. The zero-order valence-electron chi connectivity index (χ0n) is 15.1. The van der Waals surface area contributed by atoms with Crippen molar-refractivity contribution in [1.29, 1.82) is 0 Å². The van der Waals surface area contributed by atoms with E-state index in [2.05, 4.69) is 15.0 Å². The van der Waals surface area contributed by atoms with Gasteiger partial charge >= 0.3 is 6.36 Å². The Morgan fingerprint density at radius 1 is 1.11 bits per heavy atom. The van der Waals surface area contributed by atoms with E-state index in [1.807, 2.05) is 38.1 Å². The Labute approximate surface area is 164 Å². The van der Waals surface area contributed by atoms with Gasteiger partial charge in [-0.2, -0.15) is 0 Å². The molecule has 0 fully saturated rings. The van der Waals surface area contributed by atoms with Crippen molar-refractivity contribution >= 4 is 22.9 Å². The first-order valence-corrected chi connectivity index (χ1v) is 9.21. The number of hydrogen-bond acceptors (Lipinski definition) is 4. The Kier molecular flexibility index (Phi) is 5.69. The van der Waals surface area contributed by atoms with E-state index >= 15 is 0 Å². The summed E-state index contributed by atoms with van der Waals surface area (Å²) in [7, 11) is 0. The van der Waals surface area contributed by atoms with Crippen LogP contribution in [0.15, 0.2) is 48.5 Å². The van der Waals surface area contributed by atoms with Crippen molar-refractivity contribution in [3.05, 3.63) is 64.0 Å². The standard InChI is InChI=1S/C20H17F3N2O2S/c1-12-7-9-14(10-8-12)19-17(28-13(2)24-19)11-18(26)25-15-5-3-4-6-16(15)27-20(21,22)23/h3-10H,11H2,1-2H3,(H,25,26). The molecule has 0 spiro atoms. The first-order chi connectivity index (χ1) is 13.2. The molecule has 2 aromatic carbocycles. The largest absolute Gasteiger partial charge is 0.573 e. The van der Waals surface area contributed by atoms with Crippen molar-refractivity contribution in [1.82, 2.24) is 4.98 Å². The summed E-state index contributed by atoms with van der Waals surface area (Å²) < 4.78 is 41.6. The molecule has 1 amide bonds. The Morgan fingerprint density at radius 3 is 2.46 bits per heavy atom. The van der Waals surface area contributed by atoms with E-state index in [-0.39, 0.29) is 12.1 Å². The van der Waals surface area contributed by atoms with Crippen LogP contribution in [-0.2, 0) is 11.2 Å². The average molecular weight is 406 g/mol. The third kappa shape index (κ3) is 5.10. The lowest BCUT2D eigenvalue weighted by Crippen LogP contribution is -2.20. The molecule has 1 aromatic heterocycles. The zero-order valence-corrected chi connectivity index (χ0v) is 15.9. The number of amides is 1. The SMILES string of the molecule is Cc1ccc(-c2nc(C)sc2CC(=O)Nc2ccccc2OC(F)(F)F)cc1. The number of anilines is 1. The summed E-state index contributed by atoms with van der Waals surface area (Å²) in [6.45, 7) is 3.82. The van der Waals surface area contributed by atoms with Crippen LogP contribution in [0.1, 0.15) is 15.4 Å². The van der Waals surface area contributed by atoms with Crippen LogP contribution in [0.5, 0.6) is 5.75 Å². The van der Waals surface area contributed by atoms with Crippen LogP contribution >= 0.6 is 11.3 Å². The maximum Gasteiger partial charge on any atom is 0.573 e. The number of ether oxygens (including phenoxy) is 1. The number of carbonyl (C=O) groups is 1. The first kappa shape index (κ1) is 19.9. The quantitative estimate of drug-likeness (QED) is 0.608. The molecule has 3 rings (SSSR count). The number of aryl methyl sites for hydroxylation is 2. The van der Waals surface area contributed by atoms with E-state index in [0.29, 0.717) is 5.69 Å². The molecular formula is C20H17F3N2O2S. The minimum Gasteiger partial charge on any atom is -0.404 e. The summed E-state index contributed by atoms with van der Waals surface area (Å²) in [5.74, 6) is -0.905. The highest BCUT2D eigenvalue weighted by Crippen LogP contribution is 2.31. The molecule has 0 aliphatic heterocycles. The smallest absolute Gasteiger partial charge is 0.404 e. The van der Waals surface area contributed by atoms with Crippen molar-refractivity contribution in [2.24, 2.45) is 0 Å². The van der Waals surface area contributed by atoms with Crippen molar-refractivity contribution in [3.8, 4) is 17.0 Å². The van der Waals surface area contributed by atoms with Crippen molar-refractivity contribution in [2.45, 2.75) is 26.6 Å². The van der Waals surface area contributed by atoms with E-state index in [4.69, 9.17) is 0 Å². The number of rotatable bonds is 5. The molecule has 0 radical (unpaired) electrons. The van der Waals surface area contributed by atoms with Gasteiger partial charge in [-0.15, -0.1) is 24.5 Å². The highest BCUT2D eigenvalue weighted by molar-refractivity contribution is 7.12. The van der Waals surface area contributed by atoms with Gasteiger partial charge in [-0.05, 0) is 26.0 Å². The fraction of sp³-hybridized carbons (Fsp3) is 0.200. The second-order valence-electron chi connectivity index (χ2n) is 6.14. The number of alkyl halides is 3. The highest BCUT2D eigenvalue weighted by Gasteiger charge is 2.32. The molecule has 3 aromatic rings. The monoisotopic (exact) mass is 406 g/mol. The van der Waals surface area contributed by atoms with Crippen molar-refractivity contribution in [3.63, 3.8) is 0 Å². The Bertz CT molecular complexity index is 982. The van der Waals surface area contributed by atoms with Gasteiger partial charge in [0, 0.05) is 10.4 Å². The topological polar surface area (TPSA) is 51.2 Å². The molecule has 4 nitrogen and oxygen atoms in total. The minimum atomic E-state index is -4.84. The first-order valence-electron chi connectivity index (χ1n) is 8.39. The third-order valence-electron chi connectivity index (χ3n) is 3.84. The molecule has 0 bridgehead atoms. The molecule has 28 heavy (non-hydrogen) atoms. The van der Waals surface area contributed by atoms with Gasteiger partial charge < -0.3 is 10.1 Å².